The molecule has 2 aromatic heterocycles. The lowest BCUT2D eigenvalue weighted by Crippen LogP contribution is -1.99. The van der Waals surface area contributed by atoms with E-state index in [1.807, 2.05) is 12.3 Å². The van der Waals surface area contributed by atoms with Crippen LogP contribution in [0.4, 0.5) is 0 Å². The van der Waals surface area contributed by atoms with Gasteiger partial charge < -0.3 is 4.40 Å². The second kappa shape index (κ2) is 4.06. The van der Waals surface area contributed by atoms with Gasteiger partial charge in [-0.3, -0.25) is 0 Å². The molecular weight excluding hydrogens is 208 g/mol. The quantitative estimate of drug-likeness (QED) is 0.650. The second-order valence-corrected chi connectivity index (χ2v) is 4.26. The van der Waals surface area contributed by atoms with Crippen LogP contribution in [0.25, 0.3) is 5.52 Å². The number of pyridine rings is 1. The summed E-state index contributed by atoms with van der Waals surface area (Å²) in [4.78, 5) is 4.51. The third-order valence-corrected chi connectivity index (χ3v) is 3.02. The van der Waals surface area contributed by atoms with Gasteiger partial charge in [-0.05, 0) is 24.6 Å². The van der Waals surface area contributed by atoms with E-state index in [9.17, 15) is 0 Å². The topological polar surface area (TPSA) is 17.3 Å². The van der Waals surface area contributed by atoms with Crippen LogP contribution in [0.3, 0.4) is 0 Å². The van der Waals surface area contributed by atoms with Crippen molar-refractivity contribution >= 4 is 5.52 Å². The predicted molar refractivity (Wildman–Crippen MR) is 69.2 cm³/mol. The molecule has 0 saturated carbocycles. The van der Waals surface area contributed by atoms with Gasteiger partial charge in [0.2, 0.25) is 0 Å². The van der Waals surface area contributed by atoms with E-state index in [1.165, 1.54) is 11.3 Å². The van der Waals surface area contributed by atoms with Gasteiger partial charge >= 0.3 is 0 Å². The van der Waals surface area contributed by atoms with E-state index in [0.29, 0.717) is 0 Å². The standard InChI is InChI=1S/C15H14N2/c1-12-6-5-9-14-11-16-15(17(12)14)10-13-7-3-2-4-8-13/h2-9,11H,10H2,1H3. The number of hydrogen-bond donors (Lipinski definition) is 0. The van der Waals surface area contributed by atoms with Crippen LogP contribution in [0.1, 0.15) is 17.1 Å². The molecule has 0 atom stereocenters. The number of benzene rings is 1. The van der Waals surface area contributed by atoms with Crippen molar-refractivity contribution in [3.05, 3.63) is 71.8 Å². The molecule has 17 heavy (non-hydrogen) atoms. The van der Waals surface area contributed by atoms with Crippen molar-refractivity contribution in [3.63, 3.8) is 0 Å². The maximum Gasteiger partial charge on any atom is 0.117 e. The summed E-state index contributed by atoms with van der Waals surface area (Å²) in [5.41, 5.74) is 3.69. The molecule has 3 rings (SSSR count). The van der Waals surface area contributed by atoms with Crippen LogP contribution in [0.2, 0.25) is 0 Å². The van der Waals surface area contributed by atoms with E-state index in [2.05, 4.69) is 58.8 Å². The number of hydrogen-bond acceptors (Lipinski definition) is 1. The molecule has 2 heteroatoms. The van der Waals surface area contributed by atoms with Gasteiger partial charge in [-0.1, -0.05) is 36.4 Å². The molecule has 2 nitrogen and oxygen atoms in total. The molecule has 0 unspecified atom stereocenters. The highest BCUT2D eigenvalue weighted by Gasteiger charge is 2.05. The van der Waals surface area contributed by atoms with E-state index in [1.54, 1.807) is 0 Å². The minimum absolute atomic E-state index is 0.875. The van der Waals surface area contributed by atoms with Gasteiger partial charge in [-0.25, -0.2) is 4.98 Å². The van der Waals surface area contributed by atoms with E-state index in [-0.39, 0.29) is 0 Å². The Morgan fingerprint density at radius 3 is 2.65 bits per heavy atom. The van der Waals surface area contributed by atoms with Crippen molar-refractivity contribution in [1.29, 1.82) is 0 Å². The monoisotopic (exact) mass is 222 g/mol. The summed E-state index contributed by atoms with van der Waals surface area (Å²) in [6.45, 7) is 2.11. The molecule has 0 aliphatic carbocycles. The highest BCUT2D eigenvalue weighted by molar-refractivity contribution is 5.47. The van der Waals surface area contributed by atoms with Gasteiger partial charge in [-0.2, -0.15) is 0 Å². The minimum Gasteiger partial charge on any atom is -0.301 e. The molecule has 3 aromatic rings. The van der Waals surface area contributed by atoms with Crippen molar-refractivity contribution in [2.45, 2.75) is 13.3 Å². The van der Waals surface area contributed by atoms with Crippen molar-refractivity contribution < 1.29 is 0 Å². The summed E-state index contributed by atoms with van der Waals surface area (Å²) in [6.07, 6.45) is 2.81. The Balaban J connectivity index is 2.07. The molecular formula is C15H14N2. The fourth-order valence-electron chi connectivity index (χ4n) is 2.19. The Kier molecular flexibility index (Phi) is 2.41. The first-order valence-electron chi connectivity index (χ1n) is 5.80. The zero-order valence-corrected chi connectivity index (χ0v) is 9.80. The Labute approximate surface area is 101 Å². The van der Waals surface area contributed by atoms with Crippen molar-refractivity contribution in [2.24, 2.45) is 0 Å². The summed E-state index contributed by atoms with van der Waals surface area (Å²) in [5.74, 6) is 1.10. The SMILES string of the molecule is Cc1cccc2cnc(Cc3ccccc3)n12. The molecule has 0 amide bonds. The maximum atomic E-state index is 4.51. The second-order valence-electron chi connectivity index (χ2n) is 4.26. The van der Waals surface area contributed by atoms with Crippen molar-refractivity contribution in [2.75, 3.05) is 0 Å². The van der Waals surface area contributed by atoms with Gasteiger partial charge in [0, 0.05) is 12.1 Å². The summed E-state index contributed by atoms with van der Waals surface area (Å²) >= 11 is 0. The number of nitrogens with zero attached hydrogens (tertiary/aromatic N) is 2. The number of aryl methyl sites for hydroxylation is 1. The van der Waals surface area contributed by atoms with Crippen molar-refractivity contribution in [1.82, 2.24) is 9.38 Å². The first-order valence-corrected chi connectivity index (χ1v) is 5.80. The minimum atomic E-state index is 0.875. The molecule has 2 heterocycles. The molecule has 0 spiro atoms. The zero-order chi connectivity index (χ0) is 11.7. The Morgan fingerprint density at radius 2 is 1.82 bits per heavy atom. The van der Waals surface area contributed by atoms with Crippen LogP contribution in [0.15, 0.2) is 54.7 Å². The Morgan fingerprint density at radius 1 is 1.00 bits per heavy atom. The van der Waals surface area contributed by atoms with Gasteiger partial charge in [0.15, 0.2) is 0 Å². The van der Waals surface area contributed by atoms with Gasteiger partial charge in [0.1, 0.15) is 5.82 Å². The average molecular weight is 222 g/mol. The molecule has 0 N–H and O–H groups in total. The summed E-state index contributed by atoms with van der Waals surface area (Å²) in [6, 6.07) is 16.7. The summed E-state index contributed by atoms with van der Waals surface area (Å²) < 4.78 is 2.22. The Hall–Kier alpha value is -2.09. The van der Waals surface area contributed by atoms with Crippen LogP contribution < -0.4 is 0 Å². The van der Waals surface area contributed by atoms with Crippen LogP contribution in [-0.2, 0) is 6.42 Å². The first-order chi connectivity index (χ1) is 8.34. The van der Waals surface area contributed by atoms with Gasteiger partial charge in [0.25, 0.3) is 0 Å². The lowest BCUT2D eigenvalue weighted by atomic mass is 10.1. The number of imidazole rings is 1. The predicted octanol–water partition coefficient (Wildman–Crippen LogP) is 3.23. The molecule has 84 valence electrons. The van der Waals surface area contributed by atoms with Gasteiger partial charge in [0.05, 0.1) is 11.7 Å². The van der Waals surface area contributed by atoms with Crippen LogP contribution >= 0.6 is 0 Å². The molecule has 0 fully saturated rings. The van der Waals surface area contributed by atoms with Crippen LogP contribution in [0, 0.1) is 6.92 Å². The number of rotatable bonds is 2. The molecule has 0 aliphatic rings. The molecule has 0 radical (unpaired) electrons. The fourth-order valence-corrected chi connectivity index (χ4v) is 2.19. The summed E-state index contributed by atoms with van der Waals surface area (Å²) in [5, 5.41) is 0. The largest absolute Gasteiger partial charge is 0.301 e. The third kappa shape index (κ3) is 1.82. The zero-order valence-electron chi connectivity index (χ0n) is 9.80. The molecule has 1 aromatic carbocycles. The normalized spacial score (nSPS) is 10.9. The number of aromatic nitrogens is 2. The van der Waals surface area contributed by atoms with Gasteiger partial charge in [-0.15, -0.1) is 0 Å². The smallest absolute Gasteiger partial charge is 0.117 e. The molecule has 0 aliphatic heterocycles. The lowest BCUT2D eigenvalue weighted by Gasteiger charge is -2.05. The van der Waals surface area contributed by atoms with Crippen LogP contribution in [0.5, 0.6) is 0 Å². The number of fused-ring (bicyclic) bond motifs is 1. The summed E-state index contributed by atoms with van der Waals surface area (Å²) in [7, 11) is 0. The van der Waals surface area contributed by atoms with Crippen molar-refractivity contribution in [3.8, 4) is 0 Å². The maximum absolute atomic E-state index is 4.51. The van der Waals surface area contributed by atoms with Crippen LogP contribution in [-0.4, -0.2) is 9.38 Å². The van der Waals surface area contributed by atoms with E-state index in [4.69, 9.17) is 0 Å². The lowest BCUT2D eigenvalue weighted by molar-refractivity contribution is 0.932. The first kappa shape index (κ1) is 10.1. The van der Waals surface area contributed by atoms with E-state index < -0.39 is 0 Å². The Bertz CT molecular complexity index is 638. The average Bonchev–Trinajstić information content (AvgIpc) is 2.75. The van der Waals surface area contributed by atoms with E-state index >= 15 is 0 Å². The molecule has 0 saturated heterocycles. The fraction of sp³-hybridized carbons (Fsp3) is 0.133. The van der Waals surface area contributed by atoms with E-state index in [0.717, 1.165) is 17.8 Å². The third-order valence-electron chi connectivity index (χ3n) is 3.02. The highest BCUT2D eigenvalue weighted by Crippen LogP contribution is 2.13. The highest BCUT2D eigenvalue weighted by atomic mass is 15.0. The molecule has 0 bridgehead atoms.